The molecular weight excluding hydrogens is 240 g/mol. The van der Waals surface area contributed by atoms with Crippen LogP contribution in [0.3, 0.4) is 0 Å². The fraction of sp³-hybridized carbons (Fsp3) is 0.583. The van der Waals surface area contributed by atoms with Crippen LogP contribution in [0.5, 0.6) is 0 Å². The van der Waals surface area contributed by atoms with Gasteiger partial charge in [-0.25, -0.2) is 0 Å². The van der Waals surface area contributed by atoms with Crippen molar-refractivity contribution in [2.45, 2.75) is 32.3 Å². The van der Waals surface area contributed by atoms with Crippen molar-refractivity contribution in [1.29, 1.82) is 0 Å². The highest BCUT2D eigenvalue weighted by Crippen LogP contribution is 2.25. The van der Waals surface area contributed by atoms with Crippen LogP contribution in [0.2, 0.25) is 0 Å². The zero-order valence-electron chi connectivity index (χ0n) is 10.1. The Morgan fingerprint density at radius 2 is 2.06 bits per heavy atom. The van der Waals surface area contributed by atoms with Gasteiger partial charge in [0.05, 0.1) is 13.0 Å². The summed E-state index contributed by atoms with van der Waals surface area (Å²) in [6.07, 6.45) is 2.90. The highest BCUT2D eigenvalue weighted by molar-refractivity contribution is 5.91. The molecule has 2 atom stereocenters. The Hall–Kier alpha value is -1.85. The van der Waals surface area contributed by atoms with E-state index in [1.165, 1.54) is 0 Å². The number of carbonyl (C=O) groups excluding carboxylic acids is 2. The summed E-state index contributed by atoms with van der Waals surface area (Å²) in [5, 5.41) is 8.70. The van der Waals surface area contributed by atoms with E-state index in [1.807, 2.05) is 0 Å². The van der Waals surface area contributed by atoms with Gasteiger partial charge in [0, 0.05) is 5.92 Å². The molecule has 1 rings (SSSR count). The van der Waals surface area contributed by atoms with Crippen molar-refractivity contribution in [3.05, 3.63) is 12.2 Å². The van der Waals surface area contributed by atoms with E-state index < -0.39 is 30.4 Å². The Bertz CT molecular complexity index is 360. The Kier molecular flexibility index (Phi) is 5.35. The van der Waals surface area contributed by atoms with Gasteiger partial charge >= 0.3 is 17.9 Å². The lowest BCUT2D eigenvalue weighted by Gasteiger charge is -2.17. The first kappa shape index (κ1) is 14.2. The van der Waals surface area contributed by atoms with Crippen molar-refractivity contribution < 1.29 is 29.0 Å². The molecule has 0 fully saturated rings. The second-order valence-electron chi connectivity index (χ2n) is 3.96. The van der Waals surface area contributed by atoms with Gasteiger partial charge in [-0.1, -0.05) is 6.08 Å². The van der Waals surface area contributed by atoms with Crippen molar-refractivity contribution >= 4 is 17.9 Å². The number of esters is 2. The molecule has 0 radical (unpaired) electrons. The summed E-state index contributed by atoms with van der Waals surface area (Å²) in [5.74, 6) is -2.52. The average Bonchev–Trinajstić information content (AvgIpc) is 2.64. The quantitative estimate of drug-likeness (QED) is 0.431. The van der Waals surface area contributed by atoms with Gasteiger partial charge in [0.15, 0.2) is 0 Å². The summed E-state index contributed by atoms with van der Waals surface area (Å²) in [5.41, 5.74) is 0. The summed E-state index contributed by atoms with van der Waals surface area (Å²) >= 11 is 0. The predicted octanol–water partition coefficient (Wildman–Crippen LogP) is 0.902. The van der Waals surface area contributed by atoms with Gasteiger partial charge in [0.2, 0.25) is 0 Å². The van der Waals surface area contributed by atoms with Gasteiger partial charge in [-0.2, -0.15) is 0 Å². The fourth-order valence-corrected chi connectivity index (χ4v) is 1.76. The van der Waals surface area contributed by atoms with Gasteiger partial charge in [-0.15, -0.1) is 0 Å². The molecule has 0 spiro atoms. The molecular formula is C12H16O6. The van der Waals surface area contributed by atoms with Crippen molar-refractivity contribution in [2.75, 3.05) is 6.61 Å². The zero-order chi connectivity index (χ0) is 13.5. The van der Waals surface area contributed by atoms with Crippen LogP contribution in [-0.2, 0) is 23.9 Å². The van der Waals surface area contributed by atoms with Crippen LogP contribution in [0.1, 0.15) is 26.2 Å². The van der Waals surface area contributed by atoms with Crippen molar-refractivity contribution in [3.8, 4) is 0 Å². The number of carboxylic acid groups (broad SMARTS) is 1. The highest BCUT2D eigenvalue weighted by Gasteiger charge is 2.28. The largest absolute Gasteiger partial charge is 0.481 e. The van der Waals surface area contributed by atoms with E-state index in [0.717, 1.165) is 0 Å². The number of aliphatic carboxylic acids is 1. The third-order valence-corrected chi connectivity index (χ3v) is 2.53. The van der Waals surface area contributed by atoms with Crippen LogP contribution in [0, 0.1) is 5.92 Å². The summed E-state index contributed by atoms with van der Waals surface area (Å²) in [6.45, 7) is 1.85. The molecule has 0 aromatic rings. The predicted molar refractivity (Wildman–Crippen MR) is 60.6 cm³/mol. The summed E-state index contributed by atoms with van der Waals surface area (Å²) in [4.78, 5) is 33.1. The van der Waals surface area contributed by atoms with E-state index in [2.05, 4.69) is 4.74 Å². The molecule has 0 heterocycles. The maximum Gasteiger partial charge on any atom is 0.317 e. The molecule has 0 aliphatic heterocycles. The number of carbonyl (C=O) groups is 3. The molecule has 0 amide bonds. The van der Waals surface area contributed by atoms with Crippen LogP contribution in [-0.4, -0.2) is 35.7 Å². The molecule has 100 valence electrons. The van der Waals surface area contributed by atoms with E-state index >= 15 is 0 Å². The fourth-order valence-electron chi connectivity index (χ4n) is 1.76. The second kappa shape index (κ2) is 6.78. The monoisotopic (exact) mass is 256 g/mol. The Labute approximate surface area is 105 Å². The van der Waals surface area contributed by atoms with E-state index in [-0.39, 0.29) is 18.9 Å². The molecule has 0 bridgehead atoms. The van der Waals surface area contributed by atoms with Gasteiger partial charge in [0.25, 0.3) is 0 Å². The summed E-state index contributed by atoms with van der Waals surface area (Å²) < 4.78 is 9.67. The molecule has 0 unspecified atom stereocenters. The Balaban J connectivity index is 2.40. The van der Waals surface area contributed by atoms with Crippen LogP contribution < -0.4 is 0 Å². The molecule has 0 saturated heterocycles. The van der Waals surface area contributed by atoms with Crippen molar-refractivity contribution in [1.82, 2.24) is 0 Å². The number of rotatable bonds is 6. The highest BCUT2D eigenvalue weighted by atomic mass is 16.6. The Morgan fingerprint density at radius 3 is 2.67 bits per heavy atom. The number of hydrogen-bond donors (Lipinski definition) is 1. The molecule has 1 aliphatic rings. The lowest BCUT2D eigenvalue weighted by molar-refractivity contribution is -0.158. The second-order valence-corrected chi connectivity index (χ2v) is 3.96. The van der Waals surface area contributed by atoms with Crippen LogP contribution in [0.4, 0.5) is 0 Å². The van der Waals surface area contributed by atoms with Crippen molar-refractivity contribution in [2.24, 2.45) is 5.92 Å². The molecule has 1 N–H and O–H groups in total. The van der Waals surface area contributed by atoms with Crippen LogP contribution >= 0.6 is 0 Å². The third kappa shape index (κ3) is 4.57. The number of carboxylic acids is 1. The minimum absolute atomic E-state index is 0.0651. The van der Waals surface area contributed by atoms with Gasteiger partial charge in [-0.05, 0) is 19.4 Å². The molecule has 6 heteroatoms. The minimum Gasteiger partial charge on any atom is -0.481 e. The van der Waals surface area contributed by atoms with Crippen LogP contribution in [0.15, 0.2) is 12.2 Å². The molecule has 0 aromatic carbocycles. The minimum atomic E-state index is -0.935. The normalized spacial score (nSPS) is 21.6. The van der Waals surface area contributed by atoms with Gasteiger partial charge in [-0.3, -0.25) is 14.4 Å². The van der Waals surface area contributed by atoms with Gasteiger partial charge in [0.1, 0.15) is 12.5 Å². The lowest BCUT2D eigenvalue weighted by atomic mass is 10.0. The lowest BCUT2D eigenvalue weighted by Crippen LogP contribution is -2.25. The molecule has 18 heavy (non-hydrogen) atoms. The van der Waals surface area contributed by atoms with E-state index in [4.69, 9.17) is 9.84 Å². The molecule has 0 aromatic heterocycles. The van der Waals surface area contributed by atoms with E-state index in [1.54, 1.807) is 19.1 Å². The number of hydrogen-bond acceptors (Lipinski definition) is 5. The third-order valence-electron chi connectivity index (χ3n) is 2.53. The zero-order valence-corrected chi connectivity index (χ0v) is 10.1. The van der Waals surface area contributed by atoms with E-state index in [0.29, 0.717) is 6.42 Å². The van der Waals surface area contributed by atoms with Crippen LogP contribution in [0.25, 0.3) is 0 Å². The average molecular weight is 256 g/mol. The number of ether oxygens (including phenoxy) is 2. The van der Waals surface area contributed by atoms with E-state index in [9.17, 15) is 14.4 Å². The number of allylic oxidation sites excluding steroid dienone is 1. The maximum absolute atomic E-state index is 11.4. The first-order chi connectivity index (χ1) is 8.52. The molecule has 6 nitrogen and oxygen atoms in total. The first-order valence-electron chi connectivity index (χ1n) is 5.76. The topological polar surface area (TPSA) is 89.9 Å². The first-order valence-corrected chi connectivity index (χ1v) is 5.76. The standard InChI is InChI=1S/C12H16O6/c1-2-17-11(15)7-12(16)18-9-5-3-4-8(9)6-10(13)14/h3,5,8-9H,2,4,6-7H2,1H3,(H,13,14)/t8-,9+/m1/s1. The van der Waals surface area contributed by atoms with Gasteiger partial charge < -0.3 is 14.6 Å². The van der Waals surface area contributed by atoms with Crippen molar-refractivity contribution in [3.63, 3.8) is 0 Å². The SMILES string of the molecule is CCOC(=O)CC(=O)O[C@H]1C=CC[C@@H]1CC(=O)O. The Morgan fingerprint density at radius 1 is 1.33 bits per heavy atom. The molecule has 1 aliphatic carbocycles. The summed E-state index contributed by atoms with van der Waals surface area (Å²) in [6, 6.07) is 0. The molecule has 0 saturated carbocycles. The maximum atomic E-state index is 11.4. The smallest absolute Gasteiger partial charge is 0.317 e. The summed E-state index contributed by atoms with van der Waals surface area (Å²) in [7, 11) is 0.